The number of halogens is 1. The summed E-state index contributed by atoms with van der Waals surface area (Å²) < 4.78 is 12.3. The second kappa shape index (κ2) is 8.31. The lowest BCUT2D eigenvalue weighted by atomic mass is 10.2. The Labute approximate surface area is 167 Å². The Morgan fingerprint density at radius 3 is 2.50 bits per heavy atom. The Balaban J connectivity index is 1.84. The largest absolute Gasteiger partial charge is 0.497 e. The van der Waals surface area contributed by atoms with Gasteiger partial charge in [0.15, 0.2) is 12.3 Å². The number of hydrogen-bond donors (Lipinski definition) is 1. The molecule has 0 atom stereocenters. The SMILES string of the molecule is COc1ccc2c(c1)c(N=NC(=O)COc1ccc(Cl)cc1)c(O)n2C(C)C. The smallest absolute Gasteiger partial charge is 0.302 e. The third-order valence-corrected chi connectivity index (χ3v) is 4.36. The van der Waals surface area contributed by atoms with Gasteiger partial charge in [-0.2, -0.15) is 0 Å². The van der Waals surface area contributed by atoms with Crippen LogP contribution in [-0.4, -0.2) is 29.3 Å². The number of ether oxygens (including phenoxy) is 2. The van der Waals surface area contributed by atoms with Crippen LogP contribution in [0.2, 0.25) is 5.02 Å². The summed E-state index contributed by atoms with van der Waals surface area (Å²) in [6, 6.07) is 12.0. The highest BCUT2D eigenvalue weighted by Gasteiger charge is 2.19. The van der Waals surface area contributed by atoms with Crippen molar-refractivity contribution in [2.24, 2.45) is 10.2 Å². The van der Waals surface area contributed by atoms with E-state index in [1.165, 1.54) is 0 Å². The van der Waals surface area contributed by atoms with E-state index in [0.29, 0.717) is 21.9 Å². The van der Waals surface area contributed by atoms with Crippen molar-refractivity contribution in [3.8, 4) is 17.4 Å². The molecule has 0 bridgehead atoms. The summed E-state index contributed by atoms with van der Waals surface area (Å²) in [5, 5.41) is 19.5. The van der Waals surface area contributed by atoms with E-state index in [1.807, 2.05) is 19.9 Å². The highest BCUT2D eigenvalue weighted by molar-refractivity contribution is 6.30. The molecule has 0 saturated carbocycles. The van der Waals surface area contributed by atoms with Crippen molar-refractivity contribution in [3.63, 3.8) is 0 Å². The fraction of sp³-hybridized carbons (Fsp3) is 0.250. The van der Waals surface area contributed by atoms with Crippen LogP contribution >= 0.6 is 11.6 Å². The molecule has 1 amide bonds. The zero-order valence-corrected chi connectivity index (χ0v) is 16.5. The standard InChI is InChI=1S/C20H20ClN3O4/c1-12(2)24-17-9-8-15(27-3)10-16(17)19(20(24)26)23-22-18(25)11-28-14-6-4-13(21)5-7-14/h4-10,12,26H,11H2,1-3H3. The molecule has 28 heavy (non-hydrogen) atoms. The molecule has 1 aromatic heterocycles. The van der Waals surface area contributed by atoms with Gasteiger partial charge in [0.1, 0.15) is 11.5 Å². The highest BCUT2D eigenvalue weighted by atomic mass is 35.5. The minimum absolute atomic E-state index is 0.0104. The Bertz CT molecular complexity index is 1030. The number of carbonyl (C=O) groups excluding carboxylic acids is 1. The number of carbonyl (C=O) groups is 1. The van der Waals surface area contributed by atoms with Gasteiger partial charge < -0.3 is 19.1 Å². The molecule has 1 heterocycles. The van der Waals surface area contributed by atoms with Crippen LogP contribution < -0.4 is 9.47 Å². The van der Waals surface area contributed by atoms with Crippen molar-refractivity contribution in [1.29, 1.82) is 0 Å². The molecule has 0 aliphatic rings. The van der Waals surface area contributed by atoms with Crippen LogP contribution in [0.15, 0.2) is 52.7 Å². The number of fused-ring (bicyclic) bond motifs is 1. The summed E-state index contributed by atoms with van der Waals surface area (Å²) in [4.78, 5) is 12.0. The molecule has 3 rings (SSSR count). The maximum atomic E-state index is 12.0. The molecule has 3 aromatic rings. The van der Waals surface area contributed by atoms with Crippen LogP contribution in [0.25, 0.3) is 10.9 Å². The van der Waals surface area contributed by atoms with Gasteiger partial charge in [0.05, 0.1) is 12.6 Å². The van der Waals surface area contributed by atoms with Gasteiger partial charge >= 0.3 is 5.91 Å². The monoisotopic (exact) mass is 401 g/mol. The second-order valence-electron chi connectivity index (χ2n) is 6.36. The molecular formula is C20H20ClN3O4. The lowest BCUT2D eigenvalue weighted by Gasteiger charge is -2.10. The number of nitrogens with zero attached hydrogens (tertiary/aromatic N) is 3. The van der Waals surface area contributed by atoms with Gasteiger partial charge in [-0.25, -0.2) is 0 Å². The number of rotatable bonds is 6. The summed E-state index contributed by atoms with van der Waals surface area (Å²) in [5.74, 6) is 0.468. The van der Waals surface area contributed by atoms with Crippen molar-refractivity contribution in [1.82, 2.24) is 4.57 Å². The van der Waals surface area contributed by atoms with E-state index in [9.17, 15) is 9.90 Å². The van der Waals surface area contributed by atoms with E-state index < -0.39 is 5.91 Å². The van der Waals surface area contributed by atoms with Crippen molar-refractivity contribution in [2.45, 2.75) is 19.9 Å². The van der Waals surface area contributed by atoms with E-state index in [1.54, 1.807) is 48.1 Å². The fourth-order valence-corrected chi connectivity index (χ4v) is 2.95. The predicted molar refractivity (Wildman–Crippen MR) is 107 cm³/mol. The molecule has 0 spiro atoms. The van der Waals surface area contributed by atoms with Crippen LogP contribution in [-0.2, 0) is 4.79 Å². The van der Waals surface area contributed by atoms with Crippen LogP contribution in [0.5, 0.6) is 17.4 Å². The van der Waals surface area contributed by atoms with Crippen LogP contribution in [0.4, 0.5) is 5.69 Å². The third kappa shape index (κ3) is 4.09. The van der Waals surface area contributed by atoms with E-state index in [-0.39, 0.29) is 24.2 Å². The molecule has 0 saturated heterocycles. The Morgan fingerprint density at radius 2 is 1.86 bits per heavy atom. The Kier molecular flexibility index (Phi) is 5.84. The van der Waals surface area contributed by atoms with Crippen LogP contribution in [0.3, 0.4) is 0 Å². The lowest BCUT2D eigenvalue weighted by molar-refractivity contribution is -0.120. The number of aromatic nitrogens is 1. The van der Waals surface area contributed by atoms with Gasteiger partial charge in [-0.05, 0) is 56.3 Å². The fourth-order valence-electron chi connectivity index (χ4n) is 2.82. The molecule has 7 nitrogen and oxygen atoms in total. The first-order chi connectivity index (χ1) is 13.4. The number of amides is 1. The summed E-state index contributed by atoms with van der Waals surface area (Å²) >= 11 is 5.81. The molecule has 146 valence electrons. The van der Waals surface area contributed by atoms with Crippen molar-refractivity contribution >= 4 is 34.1 Å². The number of azo groups is 1. The predicted octanol–water partition coefficient (Wildman–Crippen LogP) is 5.28. The normalized spacial score (nSPS) is 11.5. The van der Waals surface area contributed by atoms with Gasteiger partial charge in [0, 0.05) is 16.5 Å². The maximum absolute atomic E-state index is 12.0. The van der Waals surface area contributed by atoms with Crippen molar-refractivity contribution in [3.05, 3.63) is 47.5 Å². The average molecular weight is 402 g/mol. The zero-order valence-electron chi connectivity index (χ0n) is 15.7. The summed E-state index contributed by atoms with van der Waals surface area (Å²) in [6.45, 7) is 3.60. The van der Waals surface area contributed by atoms with Gasteiger partial charge in [-0.1, -0.05) is 11.6 Å². The summed E-state index contributed by atoms with van der Waals surface area (Å²) in [7, 11) is 1.55. The molecule has 1 N–H and O–H groups in total. The number of hydrogen-bond acceptors (Lipinski definition) is 5. The Hall–Kier alpha value is -3.06. The van der Waals surface area contributed by atoms with E-state index in [4.69, 9.17) is 21.1 Å². The van der Waals surface area contributed by atoms with E-state index in [0.717, 1.165) is 5.52 Å². The number of benzene rings is 2. The molecule has 0 fully saturated rings. The van der Waals surface area contributed by atoms with Crippen molar-refractivity contribution in [2.75, 3.05) is 13.7 Å². The lowest BCUT2D eigenvalue weighted by Crippen LogP contribution is -2.07. The van der Waals surface area contributed by atoms with E-state index >= 15 is 0 Å². The molecular weight excluding hydrogens is 382 g/mol. The maximum Gasteiger partial charge on any atom is 0.302 e. The Morgan fingerprint density at radius 1 is 1.18 bits per heavy atom. The van der Waals surface area contributed by atoms with E-state index in [2.05, 4.69) is 10.2 Å². The molecule has 2 aromatic carbocycles. The second-order valence-corrected chi connectivity index (χ2v) is 6.79. The minimum atomic E-state index is -0.581. The van der Waals surface area contributed by atoms with Gasteiger partial charge in [-0.3, -0.25) is 4.79 Å². The van der Waals surface area contributed by atoms with Crippen molar-refractivity contribution < 1.29 is 19.4 Å². The summed E-state index contributed by atoms with van der Waals surface area (Å²) in [6.07, 6.45) is 0. The third-order valence-electron chi connectivity index (χ3n) is 4.11. The first-order valence-electron chi connectivity index (χ1n) is 8.64. The average Bonchev–Trinajstić information content (AvgIpc) is 2.96. The first kappa shape index (κ1) is 19.7. The first-order valence-corrected chi connectivity index (χ1v) is 9.02. The molecule has 0 aliphatic carbocycles. The summed E-state index contributed by atoms with van der Waals surface area (Å²) in [5.41, 5.74) is 0.981. The quantitative estimate of drug-likeness (QED) is 0.569. The van der Waals surface area contributed by atoms with Gasteiger partial charge in [0.2, 0.25) is 5.88 Å². The van der Waals surface area contributed by atoms with Gasteiger partial charge in [-0.15, -0.1) is 10.2 Å². The molecule has 0 unspecified atom stereocenters. The van der Waals surface area contributed by atoms with Gasteiger partial charge in [0.25, 0.3) is 0 Å². The molecule has 8 heteroatoms. The molecule has 0 radical (unpaired) electrons. The number of methoxy groups -OCH3 is 1. The minimum Gasteiger partial charge on any atom is -0.497 e. The topological polar surface area (TPSA) is 85.4 Å². The number of aromatic hydroxyl groups is 1. The highest BCUT2D eigenvalue weighted by Crippen LogP contribution is 2.42. The molecule has 0 aliphatic heterocycles. The zero-order chi connectivity index (χ0) is 20.3. The van der Waals surface area contributed by atoms with Crippen LogP contribution in [0.1, 0.15) is 19.9 Å². The van der Waals surface area contributed by atoms with Crippen LogP contribution in [0, 0.1) is 0 Å².